The van der Waals surface area contributed by atoms with Gasteiger partial charge in [-0.15, -0.1) is 11.3 Å². The first kappa shape index (κ1) is 15.4. The number of rotatable bonds is 2. The van der Waals surface area contributed by atoms with Gasteiger partial charge in [-0.1, -0.05) is 29.3 Å². The number of piperidine rings is 3. The number of carbonyl (C=O) groups excluding carboxylic acids is 1. The van der Waals surface area contributed by atoms with Gasteiger partial charge in [0.2, 0.25) is 0 Å². The number of carbonyl (C=O) groups is 1. The van der Waals surface area contributed by atoms with E-state index in [2.05, 4.69) is 10.2 Å². The van der Waals surface area contributed by atoms with Crippen LogP contribution in [0.2, 0.25) is 10.0 Å². The fourth-order valence-corrected chi connectivity index (χ4v) is 6.19. The maximum atomic E-state index is 12.9. The predicted octanol–water partition coefficient (Wildman–Crippen LogP) is 4.56. The molecule has 1 saturated carbocycles. The topological polar surface area (TPSA) is 32.3 Å². The summed E-state index contributed by atoms with van der Waals surface area (Å²) in [5.74, 6) is 0.669. The van der Waals surface area contributed by atoms with Gasteiger partial charge in [0.05, 0.1) is 25.7 Å². The van der Waals surface area contributed by atoms with Crippen molar-refractivity contribution in [3.63, 3.8) is 0 Å². The van der Waals surface area contributed by atoms with Crippen LogP contribution in [0, 0.1) is 5.92 Å². The van der Waals surface area contributed by atoms with Crippen LogP contribution >= 0.6 is 34.5 Å². The van der Waals surface area contributed by atoms with Crippen LogP contribution < -0.4 is 5.32 Å². The van der Waals surface area contributed by atoms with Gasteiger partial charge in [-0.25, -0.2) is 0 Å². The fourth-order valence-electron chi connectivity index (χ4n) is 4.69. The van der Waals surface area contributed by atoms with E-state index in [4.69, 9.17) is 23.2 Å². The Morgan fingerprint density at radius 3 is 2.71 bits per heavy atom. The molecule has 1 amide bonds. The molecule has 3 saturated heterocycles. The van der Waals surface area contributed by atoms with Crippen molar-refractivity contribution in [1.82, 2.24) is 10.2 Å². The second-order valence-corrected chi connectivity index (χ2v) is 9.11. The van der Waals surface area contributed by atoms with Gasteiger partial charge in [-0.05, 0) is 62.2 Å². The second kappa shape index (κ2) is 5.34. The van der Waals surface area contributed by atoms with Crippen molar-refractivity contribution < 1.29 is 4.79 Å². The van der Waals surface area contributed by atoms with E-state index in [1.165, 1.54) is 50.1 Å². The minimum Gasteiger partial charge on any atom is -0.346 e. The highest BCUT2D eigenvalue weighted by Crippen LogP contribution is 2.53. The third-order valence-electron chi connectivity index (χ3n) is 6.07. The third-order valence-corrected chi connectivity index (χ3v) is 8.15. The average Bonchev–Trinajstić information content (AvgIpc) is 3.24. The van der Waals surface area contributed by atoms with Crippen molar-refractivity contribution in [2.75, 3.05) is 13.1 Å². The van der Waals surface area contributed by atoms with E-state index in [0.29, 0.717) is 22.0 Å². The molecular weight excluding hydrogens is 363 g/mol. The molecule has 1 aliphatic carbocycles. The summed E-state index contributed by atoms with van der Waals surface area (Å²) >= 11 is 13.8. The Balaban J connectivity index is 1.44. The number of amides is 1. The molecule has 3 nitrogen and oxygen atoms in total. The first-order valence-electron chi connectivity index (χ1n) is 8.52. The summed E-state index contributed by atoms with van der Waals surface area (Å²) in [6.45, 7) is 2.40. The number of thiophene rings is 1. The number of nitrogens with one attached hydrogen (secondary N) is 1. The van der Waals surface area contributed by atoms with Crippen LogP contribution in [0.25, 0.3) is 10.1 Å². The SMILES string of the molecule is O=C(N[C@@H]1C2CCN(CC2)C12CC2)c1cc2ccc(Cl)c(Cl)c2s1. The Morgan fingerprint density at radius 2 is 2.00 bits per heavy atom. The van der Waals surface area contributed by atoms with Gasteiger partial charge in [-0.2, -0.15) is 0 Å². The molecule has 4 fully saturated rings. The molecule has 1 aromatic carbocycles. The lowest BCUT2D eigenvalue weighted by molar-refractivity contribution is -0.00138. The number of hydrogen-bond donors (Lipinski definition) is 1. The molecule has 2 aromatic rings. The van der Waals surface area contributed by atoms with Crippen LogP contribution in [0.15, 0.2) is 18.2 Å². The first-order chi connectivity index (χ1) is 11.6. The maximum Gasteiger partial charge on any atom is 0.261 e. The predicted molar refractivity (Wildman–Crippen MR) is 99.4 cm³/mol. The van der Waals surface area contributed by atoms with E-state index in [-0.39, 0.29) is 11.4 Å². The minimum absolute atomic E-state index is 0.0356. The highest BCUT2D eigenvalue weighted by Gasteiger charge is 2.60. The van der Waals surface area contributed by atoms with Crippen LogP contribution in [-0.4, -0.2) is 35.5 Å². The zero-order chi connectivity index (χ0) is 16.5. The highest BCUT2D eigenvalue weighted by molar-refractivity contribution is 7.21. The zero-order valence-electron chi connectivity index (χ0n) is 13.1. The molecule has 0 radical (unpaired) electrons. The van der Waals surface area contributed by atoms with Gasteiger partial charge in [-0.3, -0.25) is 9.69 Å². The lowest BCUT2D eigenvalue weighted by Crippen LogP contribution is -2.65. The maximum absolute atomic E-state index is 12.9. The van der Waals surface area contributed by atoms with E-state index < -0.39 is 0 Å². The van der Waals surface area contributed by atoms with Gasteiger partial charge in [0.15, 0.2) is 0 Å². The van der Waals surface area contributed by atoms with E-state index >= 15 is 0 Å². The van der Waals surface area contributed by atoms with Crippen LogP contribution in [0.5, 0.6) is 0 Å². The van der Waals surface area contributed by atoms with E-state index in [1.54, 1.807) is 6.07 Å². The van der Waals surface area contributed by atoms with E-state index in [9.17, 15) is 4.79 Å². The Kier molecular flexibility index (Phi) is 3.44. The average molecular weight is 381 g/mol. The van der Waals surface area contributed by atoms with Crippen molar-refractivity contribution in [3.05, 3.63) is 33.1 Å². The fraction of sp³-hybridized carbons (Fsp3) is 0.500. The summed E-state index contributed by atoms with van der Waals surface area (Å²) in [5.41, 5.74) is 0.258. The molecule has 126 valence electrons. The summed E-state index contributed by atoms with van der Waals surface area (Å²) in [6, 6.07) is 5.94. The smallest absolute Gasteiger partial charge is 0.261 e. The molecule has 1 N–H and O–H groups in total. The standard InChI is InChI=1S/C18H18Cl2N2OS/c19-12-2-1-11-9-13(24-15(11)14(12)20)17(23)21-16-10-3-7-22(8-4-10)18(16)5-6-18/h1-2,9-10,16H,3-8H2,(H,21,23)/t16-/m1/s1. The Labute approximate surface area is 154 Å². The molecule has 4 aliphatic rings. The van der Waals surface area contributed by atoms with E-state index in [1.807, 2.05) is 12.1 Å². The molecule has 0 unspecified atom stereocenters. The van der Waals surface area contributed by atoms with Crippen molar-refractivity contribution >= 4 is 50.5 Å². The third kappa shape index (κ3) is 2.16. The zero-order valence-corrected chi connectivity index (χ0v) is 15.5. The van der Waals surface area contributed by atoms with Crippen molar-refractivity contribution in [2.24, 2.45) is 5.92 Å². The number of benzene rings is 1. The van der Waals surface area contributed by atoms with Gasteiger partial charge in [0.25, 0.3) is 5.91 Å². The summed E-state index contributed by atoms with van der Waals surface area (Å²) in [7, 11) is 0. The molecule has 4 heterocycles. The lowest BCUT2D eigenvalue weighted by atomic mass is 9.77. The molecule has 6 heteroatoms. The Hall–Kier alpha value is -0.810. The first-order valence-corrected chi connectivity index (χ1v) is 10.1. The number of halogens is 2. The molecule has 1 aromatic heterocycles. The molecule has 24 heavy (non-hydrogen) atoms. The van der Waals surface area contributed by atoms with Crippen LogP contribution in [0.1, 0.15) is 35.4 Å². The Morgan fingerprint density at radius 1 is 1.25 bits per heavy atom. The van der Waals surface area contributed by atoms with Gasteiger partial charge in [0.1, 0.15) is 0 Å². The summed E-state index contributed by atoms with van der Waals surface area (Å²) in [4.78, 5) is 16.2. The second-order valence-electron chi connectivity index (χ2n) is 7.27. The molecular formula is C18H18Cl2N2OS. The molecule has 1 spiro atoms. The molecule has 3 aliphatic heterocycles. The summed E-state index contributed by atoms with van der Waals surface area (Å²) in [6.07, 6.45) is 4.87. The van der Waals surface area contributed by atoms with Crippen molar-refractivity contribution in [2.45, 2.75) is 37.3 Å². The largest absolute Gasteiger partial charge is 0.346 e. The summed E-state index contributed by atoms with van der Waals surface area (Å²) in [5, 5.41) is 5.43. The molecule has 2 bridgehead atoms. The monoisotopic (exact) mass is 380 g/mol. The quantitative estimate of drug-likeness (QED) is 0.827. The van der Waals surface area contributed by atoms with Crippen molar-refractivity contribution in [3.8, 4) is 0 Å². The minimum atomic E-state index is 0.0356. The lowest BCUT2D eigenvalue weighted by Gasteiger charge is -2.52. The van der Waals surface area contributed by atoms with Crippen LogP contribution in [-0.2, 0) is 0 Å². The number of hydrogen-bond acceptors (Lipinski definition) is 3. The Bertz CT molecular complexity index is 837. The van der Waals surface area contributed by atoms with Gasteiger partial charge >= 0.3 is 0 Å². The number of nitrogens with zero attached hydrogens (tertiary/aromatic N) is 1. The number of fused-ring (bicyclic) bond motifs is 3. The normalized spacial score (nSPS) is 30.0. The van der Waals surface area contributed by atoms with E-state index in [0.717, 1.165) is 15.0 Å². The summed E-state index contributed by atoms with van der Waals surface area (Å²) < 4.78 is 0.893. The highest BCUT2D eigenvalue weighted by atomic mass is 35.5. The molecule has 1 atom stereocenters. The van der Waals surface area contributed by atoms with Gasteiger partial charge < -0.3 is 5.32 Å². The van der Waals surface area contributed by atoms with Gasteiger partial charge in [0, 0.05) is 5.54 Å². The molecule has 6 rings (SSSR count). The van der Waals surface area contributed by atoms with Crippen molar-refractivity contribution in [1.29, 1.82) is 0 Å². The van der Waals surface area contributed by atoms with Crippen LogP contribution in [0.4, 0.5) is 0 Å². The van der Waals surface area contributed by atoms with Crippen LogP contribution in [0.3, 0.4) is 0 Å².